The van der Waals surface area contributed by atoms with Crippen LogP contribution in [0.2, 0.25) is 0 Å². The van der Waals surface area contributed by atoms with Crippen molar-refractivity contribution in [2.45, 2.75) is 25.3 Å². The Morgan fingerprint density at radius 3 is 2.48 bits per heavy atom. The van der Waals surface area contributed by atoms with Gasteiger partial charge in [-0.05, 0) is 50.2 Å². The van der Waals surface area contributed by atoms with E-state index in [4.69, 9.17) is 9.47 Å². The van der Waals surface area contributed by atoms with Crippen molar-refractivity contribution >= 4 is 37.3 Å². The Hall–Kier alpha value is -2.65. The van der Waals surface area contributed by atoms with Crippen molar-refractivity contribution in [2.75, 3.05) is 19.5 Å². The van der Waals surface area contributed by atoms with Crippen LogP contribution in [0.1, 0.15) is 13.8 Å². The van der Waals surface area contributed by atoms with Crippen molar-refractivity contribution in [3.8, 4) is 11.5 Å². The van der Waals surface area contributed by atoms with Crippen LogP contribution in [0.15, 0.2) is 52.4 Å². The first kappa shape index (κ1) is 21.1. The number of aromatic nitrogens is 1. The van der Waals surface area contributed by atoms with E-state index in [0.29, 0.717) is 29.5 Å². The Bertz CT molecular complexity index is 1190. The number of sulfone groups is 1. The van der Waals surface area contributed by atoms with Crippen LogP contribution in [-0.4, -0.2) is 38.4 Å². The number of carbonyl (C=O) groups is 1. The summed E-state index contributed by atoms with van der Waals surface area (Å²) in [6.45, 7) is 4.93. The number of para-hydroxylation sites is 1. The molecule has 9 heteroatoms. The van der Waals surface area contributed by atoms with Crippen LogP contribution in [0.4, 0.5) is 0 Å². The van der Waals surface area contributed by atoms with Gasteiger partial charge in [-0.15, -0.1) is 0 Å². The highest BCUT2D eigenvalue weighted by molar-refractivity contribution is 7.92. The molecule has 0 bridgehead atoms. The first-order valence-corrected chi connectivity index (χ1v) is 11.6. The molecule has 0 aliphatic carbocycles. The largest absolute Gasteiger partial charge is 0.497 e. The van der Waals surface area contributed by atoms with Crippen molar-refractivity contribution < 1.29 is 22.7 Å². The van der Waals surface area contributed by atoms with Gasteiger partial charge in [0.15, 0.2) is 14.6 Å². The normalized spacial score (nSPS) is 12.3. The quantitative estimate of drug-likeness (QED) is 0.570. The van der Waals surface area contributed by atoms with Crippen LogP contribution in [0.3, 0.4) is 0 Å². The molecule has 0 saturated carbocycles. The summed E-state index contributed by atoms with van der Waals surface area (Å²) in [6.07, 6.45) is 0. The van der Waals surface area contributed by atoms with Crippen molar-refractivity contribution in [3.05, 3.63) is 47.3 Å². The van der Waals surface area contributed by atoms with E-state index < -0.39 is 21.5 Å². The Morgan fingerprint density at radius 1 is 1.14 bits per heavy atom. The van der Waals surface area contributed by atoms with Crippen molar-refractivity contribution in [2.24, 2.45) is 4.99 Å². The molecule has 0 atom stereocenters. The van der Waals surface area contributed by atoms with E-state index in [1.807, 2.05) is 36.6 Å². The van der Waals surface area contributed by atoms with E-state index in [1.54, 1.807) is 12.1 Å². The summed E-state index contributed by atoms with van der Waals surface area (Å²) in [5, 5.41) is 0. The van der Waals surface area contributed by atoms with E-state index in [0.717, 1.165) is 10.2 Å². The minimum atomic E-state index is -3.80. The third-order valence-corrected chi connectivity index (χ3v) is 6.89. The first-order valence-electron chi connectivity index (χ1n) is 9.09. The minimum absolute atomic E-state index is 0.0557. The summed E-state index contributed by atoms with van der Waals surface area (Å²) in [4.78, 5) is 17.1. The van der Waals surface area contributed by atoms with Crippen LogP contribution in [0.25, 0.3) is 10.2 Å². The average Bonchev–Trinajstić information content (AvgIpc) is 3.05. The molecular formula is C20H22N2O5S2. The van der Waals surface area contributed by atoms with Crippen molar-refractivity contribution in [3.63, 3.8) is 0 Å². The maximum atomic E-state index is 12.6. The van der Waals surface area contributed by atoms with Crippen molar-refractivity contribution in [1.82, 2.24) is 4.57 Å². The molecule has 7 nitrogen and oxygen atoms in total. The highest BCUT2D eigenvalue weighted by Crippen LogP contribution is 2.27. The molecule has 1 amide bonds. The lowest BCUT2D eigenvalue weighted by Crippen LogP contribution is -2.20. The highest BCUT2D eigenvalue weighted by Gasteiger charge is 2.20. The molecule has 1 heterocycles. The summed E-state index contributed by atoms with van der Waals surface area (Å²) in [7, 11) is -2.30. The molecule has 0 fully saturated rings. The van der Waals surface area contributed by atoms with Gasteiger partial charge in [0.05, 0.1) is 23.3 Å². The Morgan fingerprint density at radius 2 is 1.86 bits per heavy atom. The monoisotopic (exact) mass is 434 g/mol. The second kappa shape index (κ2) is 8.79. The van der Waals surface area contributed by atoms with Gasteiger partial charge in [0, 0.05) is 6.54 Å². The molecule has 0 radical (unpaired) electrons. The van der Waals surface area contributed by atoms with E-state index >= 15 is 0 Å². The molecular weight excluding hydrogens is 412 g/mol. The predicted octanol–water partition coefficient (Wildman–Crippen LogP) is 3.03. The lowest BCUT2D eigenvalue weighted by Gasteiger charge is -2.07. The van der Waals surface area contributed by atoms with Crippen molar-refractivity contribution in [1.29, 1.82) is 0 Å². The van der Waals surface area contributed by atoms with E-state index in [2.05, 4.69) is 4.99 Å². The first-order chi connectivity index (χ1) is 13.9. The number of rotatable bonds is 7. The molecule has 0 spiro atoms. The molecule has 0 aliphatic heterocycles. The van der Waals surface area contributed by atoms with Gasteiger partial charge in [-0.2, -0.15) is 4.99 Å². The Labute approximate surface area is 173 Å². The number of carbonyl (C=O) groups excluding carboxylic acids is 1. The van der Waals surface area contributed by atoms with Gasteiger partial charge >= 0.3 is 0 Å². The van der Waals surface area contributed by atoms with E-state index in [-0.39, 0.29) is 4.90 Å². The number of methoxy groups -OCH3 is 1. The fourth-order valence-electron chi connectivity index (χ4n) is 2.92. The number of ether oxygens (including phenoxy) is 2. The molecule has 2 aromatic carbocycles. The summed E-state index contributed by atoms with van der Waals surface area (Å²) in [5.41, 5.74) is 0.853. The number of fused-ring (bicyclic) bond motifs is 1. The molecule has 3 aromatic rings. The lowest BCUT2D eigenvalue weighted by molar-refractivity contribution is -0.115. The van der Waals surface area contributed by atoms with Crippen LogP contribution in [0.5, 0.6) is 11.5 Å². The second-order valence-electron chi connectivity index (χ2n) is 6.10. The van der Waals surface area contributed by atoms with Gasteiger partial charge in [0.1, 0.15) is 22.8 Å². The number of thiazole rings is 1. The summed E-state index contributed by atoms with van der Waals surface area (Å²) < 4.78 is 38.6. The van der Waals surface area contributed by atoms with Gasteiger partial charge in [0.2, 0.25) is 0 Å². The van der Waals surface area contributed by atoms with Gasteiger partial charge < -0.3 is 14.0 Å². The smallest absolute Gasteiger partial charge is 0.263 e. The number of hydrogen-bond acceptors (Lipinski definition) is 6. The number of benzene rings is 2. The molecule has 0 unspecified atom stereocenters. The van der Waals surface area contributed by atoms with Gasteiger partial charge in [0.25, 0.3) is 5.91 Å². The fourth-order valence-corrected chi connectivity index (χ4v) is 5.15. The van der Waals surface area contributed by atoms with E-state index in [9.17, 15) is 13.2 Å². The SMILES string of the molecule is CCOc1cccc2sc(=NC(=O)CS(=O)(=O)c3ccc(OC)cc3)n(CC)c12. The molecule has 3 rings (SSSR count). The number of aryl methyl sites for hydroxylation is 1. The maximum absolute atomic E-state index is 12.6. The lowest BCUT2D eigenvalue weighted by atomic mass is 10.3. The summed E-state index contributed by atoms with van der Waals surface area (Å²) in [5.74, 6) is -0.162. The summed E-state index contributed by atoms with van der Waals surface area (Å²) >= 11 is 1.33. The zero-order chi connectivity index (χ0) is 21.0. The van der Waals surface area contributed by atoms with Crippen LogP contribution in [-0.2, 0) is 21.2 Å². The molecule has 0 saturated heterocycles. The Kier molecular flexibility index (Phi) is 6.39. The topological polar surface area (TPSA) is 87.0 Å². The zero-order valence-corrected chi connectivity index (χ0v) is 18.0. The number of hydrogen-bond donors (Lipinski definition) is 0. The van der Waals surface area contributed by atoms with Crippen LogP contribution >= 0.6 is 11.3 Å². The Balaban J connectivity index is 1.96. The third kappa shape index (κ3) is 4.51. The van der Waals surface area contributed by atoms with E-state index in [1.165, 1.54) is 30.6 Å². The fraction of sp³-hybridized carbons (Fsp3) is 0.300. The zero-order valence-electron chi connectivity index (χ0n) is 16.4. The summed E-state index contributed by atoms with van der Waals surface area (Å²) in [6, 6.07) is 11.6. The predicted molar refractivity (Wildman–Crippen MR) is 112 cm³/mol. The van der Waals surface area contributed by atoms with Gasteiger partial charge in [-0.25, -0.2) is 8.42 Å². The second-order valence-corrected chi connectivity index (χ2v) is 9.10. The molecule has 154 valence electrons. The molecule has 29 heavy (non-hydrogen) atoms. The minimum Gasteiger partial charge on any atom is -0.497 e. The third-order valence-electron chi connectivity index (χ3n) is 4.23. The number of nitrogens with zero attached hydrogens (tertiary/aromatic N) is 2. The molecule has 1 aromatic heterocycles. The van der Waals surface area contributed by atoms with Gasteiger partial charge in [-0.3, -0.25) is 4.79 Å². The average molecular weight is 435 g/mol. The van der Waals surface area contributed by atoms with Crippen LogP contribution in [0, 0.1) is 0 Å². The highest BCUT2D eigenvalue weighted by atomic mass is 32.2. The van der Waals surface area contributed by atoms with Crippen LogP contribution < -0.4 is 14.3 Å². The molecule has 0 aliphatic rings. The molecule has 0 N–H and O–H groups in total. The number of amides is 1. The standard InChI is InChI=1S/C20H22N2O5S2/c1-4-22-19-16(27-5-2)7-6-8-17(19)28-20(22)21-18(23)13-29(24,25)15-11-9-14(26-3)10-12-15/h6-12H,4-5,13H2,1-3H3. The van der Waals surface area contributed by atoms with Gasteiger partial charge in [-0.1, -0.05) is 17.4 Å². The maximum Gasteiger partial charge on any atom is 0.263 e.